The quantitative estimate of drug-likeness (QED) is 0.843. The molecule has 0 amide bonds. The van der Waals surface area contributed by atoms with Crippen LogP contribution in [-0.2, 0) is 0 Å². The Morgan fingerprint density at radius 2 is 2.15 bits per heavy atom. The molecule has 20 heavy (non-hydrogen) atoms. The maximum absolute atomic E-state index is 6.40. The van der Waals surface area contributed by atoms with Crippen LogP contribution < -0.4 is 5.73 Å². The summed E-state index contributed by atoms with van der Waals surface area (Å²) < 4.78 is 0. The van der Waals surface area contributed by atoms with E-state index in [0.717, 1.165) is 19.5 Å². The zero-order valence-corrected chi connectivity index (χ0v) is 14.0. The Morgan fingerprint density at radius 1 is 1.40 bits per heavy atom. The molecule has 0 bridgehead atoms. The van der Waals surface area contributed by atoms with Gasteiger partial charge in [0.1, 0.15) is 0 Å². The third kappa shape index (κ3) is 3.51. The topological polar surface area (TPSA) is 29.3 Å². The largest absolute Gasteiger partial charge is 0.326 e. The van der Waals surface area contributed by atoms with Gasteiger partial charge in [-0.1, -0.05) is 39.3 Å². The Hall–Kier alpha value is -0.640. The zero-order valence-electron chi connectivity index (χ0n) is 13.2. The van der Waals surface area contributed by atoms with E-state index in [4.69, 9.17) is 5.73 Å². The van der Waals surface area contributed by atoms with Gasteiger partial charge >= 0.3 is 0 Å². The summed E-state index contributed by atoms with van der Waals surface area (Å²) in [6, 6.07) is 2.81. The van der Waals surface area contributed by atoms with Crippen molar-refractivity contribution >= 4 is 11.3 Å². The first-order valence-electron chi connectivity index (χ1n) is 7.64. The van der Waals surface area contributed by atoms with E-state index in [9.17, 15) is 0 Å². The van der Waals surface area contributed by atoms with Crippen molar-refractivity contribution in [1.82, 2.24) is 4.90 Å². The summed E-state index contributed by atoms with van der Waals surface area (Å²) in [7, 11) is 0. The van der Waals surface area contributed by atoms with Gasteiger partial charge in [0.25, 0.3) is 0 Å². The van der Waals surface area contributed by atoms with Crippen LogP contribution in [0.5, 0.6) is 0 Å². The summed E-state index contributed by atoms with van der Waals surface area (Å²) in [5.41, 5.74) is 9.68. The molecule has 0 saturated carbocycles. The smallest absolute Gasteiger partial charge is 0.0510 e. The second kappa shape index (κ2) is 6.42. The number of nitrogens with two attached hydrogens (primary N) is 1. The van der Waals surface area contributed by atoms with Gasteiger partial charge in [0.05, 0.1) is 6.04 Å². The molecule has 1 aliphatic heterocycles. The molecule has 2 nitrogen and oxygen atoms in total. The van der Waals surface area contributed by atoms with E-state index in [-0.39, 0.29) is 6.04 Å². The Morgan fingerprint density at radius 3 is 2.60 bits per heavy atom. The van der Waals surface area contributed by atoms with E-state index < -0.39 is 0 Å². The molecule has 0 aromatic carbocycles. The van der Waals surface area contributed by atoms with Crippen molar-refractivity contribution < 1.29 is 0 Å². The molecule has 2 rings (SSSR count). The highest BCUT2D eigenvalue weighted by Crippen LogP contribution is 2.34. The molecule has 1 aliphatic rings. The lowest BCUT2D eigenvalue weighted by Crippen LogP contribution is -2.43. The lowest BCUT2D eigenvalue weighted by atomic mass is 9.82. The first-order valence-corrected chi connectivity index (χ1v) is 8.59. The predicted molar refractivity (Wildman–Crippen MR) is 89.1 cm³/mol. The van der Waals surface area contributed by atoms with Crippen LogP contribution in [-0.4, -0.2) is 24.0 Å². The van der Waals surface area contributed by atoms with Gasteiger partial charge in [-0.05, 0) is 40.6 Å². The summed E-state index contributed by atoms with van der Waals surface area (Å²) in [6.45, 7) is 11.3. The molecular formula is C17H28N2S. The van der Waals surface area contributed by atoms with Gasteiger partial charge in [0.2, 0.25) is 0 Å². The Balaban J connectivity index is 2.15. The van der Waals surface area contributed by atoms with Crippen LogP contribution in [0.4, 0.5) is 0 Å². The van der Waals surface area contributed by atoms with Crippen molar-refractivity contribution in [3.8, 4) is 0 Å². The van der Waals surface area contributed by atoms with E-state index in [1.54, 1.807) is 16.9 Å². The fourth-order valence-corrected chi connectivity index (χ4v) is 3.70. The van der Waals surface area contributed by atoms with Crippen LogP contribution in [0.3, 0.4) is 0 Å². The van der Waals surface area contributed by atoms with Gasteiger partial charge in [-0.15, -0.1) is 0 Å². The van der Waals surface area contributed by atoms with Crippen LogP contribution in [0.15, 0.2) is 28.5 Å². The van der Waals surface area contributed by atoms with Crippen molar-refractivity contribution in [3.63, 3.8) is 0 Å². The first kappa shape index (κ1) is 15.7. The average Bonchev–Trinajstić information content (AvgIpc) is 2.92. The molecule has 0 fully saturated rings. The normalized spacial score (nSPS) is 20.6. The molecule has 2 atom stereocenters. The van der Waals surface area contributed by atoms with E-state index in [1.165, 1.54) is 12.0 Å². The van der Waals surface area contributed by atoms with Crippen LogP contribution in [0.1, 0.15) is 52.1 Å². The van der Waals surface area contributed by atoms with Gasteiger partial charge in [-0.25, -0.2) is 0 Å². The number of rotatable bonds is 4. The number of hydrogen-bond donors (Lipinski definition) is 1. The molecule has 1 aromatic heterocycles. The van der Waals surface area contributed by atoms with Gasteiger partial charge in [0.15, 0.2) is 0 Å². The second-order valence-electron chi connectivity index (χ2n) is 6.80. The maximum atomic E-state index is 6.40. The Bertz CT molecular complexity index is 442. The van der Waals surface area contributed by atoms with Crippen molar-refractivity contribution in [2.45, 2.75) is 52.6 Å². The van der Waals surface area contributed by atoms with Crippen molar-refractivity contribution in [1.29, 1.82) is 0 Å². The number of hydrogen-bond acceptors (Lipinski definition) is 3. The van der Waals surface area contributed by atoms with Crippen LogP contribution in [0.25, 0.3) is 0 Å². The molecule has 2 N–H and O–H groups in total. The zero-order chi connectivity index (χ0) is 14.8. The van der Waals surface area contributed by atoms with Gasteiger partial charge in [-0.3, -0.25) is 4.90 Å². The monoisotopic (exact) mass is 292 g/mol. The minimum Gasteiger partial charge on any atom is -0.326 e. The Kier molecular flexibility index (Phi) is 5.05. The van der Waals surface area contributed by atoms with E-state index >= 15 is 0 Å². The molecule has 2 unspecified atom stereocenters. The first-order chi connectivity index (χ1) is 9.43. The lowest BCUT2D eigenvalue weighted by Gasteiger charge is -2.39. The molecule has 0 spiro atoms. The lowest BCUT2D eigenvalue weighted by molar-refractivity contribution is 0.177. The predicted octanol–water partition coefficient (Wildman–Crippen LogP) is 4.20. The summed E-state index contributed by atoms with van der Waals surface area (Å²) in [6.07, 6.45) is 4.61. The number of thiophene rings is 1. The molecule has 1 aromatic rings. The highest BCUT2D eigenvalue weighted by atomic mass is 32.1. The van der Waals surface area contributed by atoms with Gasteiger partial charge in [0, 0.05) is 19.1 Å². The SMILES string of the molecule is CCC(N)C(c1ccsc1)N1CC=C(C(C)(C)C)CC1. The van der Waals surface area contributed by atoms with Crippen molar-refractivity contribution in [2.75, 3.05) is 13.1 Å². The summed E-state index contributed by atoms with van der Waals surface area (Å²) in [5, 5.41) is 4.41. The number of nitrogens with zero attached hydrogens (tertiary/aromatic N) is 1. The standard InChI is InChI=1S/C17H28N2S/c1-5-15(18)16(13-8-11-20-12-13)19-9-6-14(7-10-19)17(2,3)4/h6,8,11-12,15-16H,5,7,9-10,18H2,1-4H3. The van der Waals surface area contributed by atoms with Crippen LogP contribution in [0.2, 0.25) is 0 Å². The second-order valence-corrected chi connectivity index (χ2v) is 7.58. The minimum absolute atomic E-state index is 0.217. The van der Waals surface area contributed by atoms with E-state index in [2.05, 4.69) is 55.5 Å². The molecule has 0 aliphatic carbocycles. The van der Waals surface area contributed by atoms with Crippen molar-refractivity contribution in [2.24, 2.45) is 11.1 Å². The molecular weight excluding hydrogens is 264 g/mol. The van der Waals surface area contributed by atoms with E-state index in [1.807, 2.05) is 0 Å². The minimum atomic E-state index is 0.217. The Labute approximate surface area is 127 Å². The molecule has 2 heterocycles. The maximum Gasteiger partial charge on any atom is 0.0510 e. The summed E-state index contributed by atoms with van der Waals surface area (Å²) in [5.74, 6) is 0. The van der Waals surface area contributed by atoms with Crippen LogP contribution >= 0.6 is 11.3 Å². The summed E-state index contributed by atoms with van der Waals surface area (Å²) in [4.78, 5) is 2.55. The van der Waals surface area contributed by atoms with Gasteiger partial charge < -0.3 is 5.73 Å². The third-order valence-electron chi connectivity index (χ3n) is 4.36. The fraction of sp³-hybridized carbons (Fsp3) is 0.647. The molecule has 0 radical (unpaired) electrons. The summed E-state index contributed by atoms with van der Waals surface area (Å²) >= 11 is 1.77. The van der Waals surface area contributed by atoms with Gasteiger partial charge in [-0.2, -0.15) is 11.3 Å². The van der Waals surface area contributed by atoms with Crippen molar-refractivity contribution in [3.05, 3.63) is 34.0 Å². The molecule has 112 valence electrons. The fourth-order valence-electron chi connectivity index (χ4n) is 3.01. The highest BCUT2D eigenvalue weighted by Gasteiger charge is 2.29. The molecule has 0 saturated heterocycles. The molecule has 3 heteroatoms. The average molecular weight is 292 g/mol. The van der Waals surface area contributed by atoms with E-state index in [0.29, 0.717) is 11.5 Å². The highest BCUT2D eigenvalue weighted by molar-refractivity contribution is 7.07. The van der Waals surface area contributed by atoms with Crippen LogP contribution in [0, 0.1) is 5.41 Å². The third-order valence-corrected chi connectivity index (χ3v) is 5.06.